The summed E-state index contributed by atoms with van der Waals surface area (Å²) >= 11 is 0. The van der Waals surface area contributed by atoms with E-state index in [1.807, 2.05) is 17.9 Å². The fourth-order valence-corrected chi connectivity index (χ4v) is 5.44. The fraction of sp³-hybridized carbons (Fsp3) is 0.619. The highest BCUT2D eigenvalue weighted by molar-refractivity contribution is 7.89. The van der Waals surface area contributed by atoms with Crippen LogP contribution in [-0.4, -0.2) is 86.7 Å². The summed E-state index contributed by atoms with van der Waals surface area (Å²) in [7, 11) is -3.41. The first-order valence-electron chi connectivity index (χ1n) is 10.8. The Bertz CT molecular complexity index is 827. The molecule has 2 aliphatic heterocycles. The van der Waals surface area contributed by atoms with Gasteiger partial charge in [0.1, 0.15) is 0 Å². The van der Waals surface area contributed by atoms with Gasteiger partial charge < -0.3 is 15.1 Å². The molecule has 1 aromatic rings. The van der Waals surface area contributed by atoms with Crippen LogP contribution in [0.2, 0.25) is 0 Å². The lowest BCUT2D eigenvalue weighted by Gasteiger charge is -2.36. The predicted octanol–water partition coefficient (Wildman–Crippen LogP) is 1.22. The number of piperidine rings is 1. The summed E-state index contributed by atoms with van der Waals surface area (Å²) in [6.07, 6.45) is 1.63. The number of sulfonamides is 1. The van der Waals surface area contributed by atoms with Crippen molar-refractivity contribution in [3.8, 4) is 0 Å². The lowest BCUT2D eigenvalue weighted by atomic mass is 9.98. The van der Waals surface area contributed by atoms with Gasteiger partial charge in [-0.2, -0.15) is 4.31 Å². The van der Waals surface area contributed by atoms with Crippen LogP contribution in [0, 0.1) is 5.92 Å². The number of nitrogens with zero attached hydrogens (tertiary/aromatic N) is 4. The molecule has 0 aromatic heterocycles. The first-order chi connectivity index (χ1) is 14.4. The van der Waals surface area contributed by atoms with Crippen molar-refractivity contribution in [1.82, 2.24) is 19.4 Å². The molecular weight excluding hydrogens is 402 g/mol. The number of carbonyl (C=O) groups excluding carboxylic acids is 1. The highest BCUT2D eigenvalue weighted by Crippen LogP contribution is 2.24. The first-order valence-corrected chi connectivity index (χ1v) is 12.2. The molecule has 0 unspecified atom stereocenters. The van der Waals surface area contributed by atoms with E-state index in [1.165, 1.54) is 0 Å². The standard InChI is InChI=1S/C21H33N5O3S/c1-3-22-21(25-15-13-24(14-16-25)18(2)27)23-17-19-9-11-26(12-10-19)30(28,29)20-7-5-4-6-8-20/h4-8,19H,3,9-17H2,1-2H3,(H,22,23). The van der Waals surface area contributed by atoms with Crippen molar-refractivity contribution in [2.75, 3.05) is 52.4 Å². The van der Waals surface area contributed by atoms with E-state index in [0.29, 0.717) is 30.4 Å². The van der Waals surface area contributed by atoms with E-state index in [-0.39, 0.29) is 5.91 Å². The Kier molecular flexibility index (Phi) is 7.71. The van der Waals surface area contributed by atoms with Crippen LogP contribution in [-0.2, 0) is 14.8 Å². The number of piperazine rings is 1. The Balaban J connectivity index is 1.54. The molecule has 2 heterocycles. The monoisotopic (exact) mass is 435 g/mol. The van der Waals surface area contributed by atoms with Crippen LogP contribution in [0.5, 0.6) is 0 Å². The Morgan fingerprint density at radius 1 is 1.03 bits per heavy atom. The van der Waals surface area contributed by atoms with Crippen molar-refractivity contribution in [3.05, 3.63) is 30.3 Å². The number of aliphatic imine (C=N–C) groups is 1. The summed E-state index contributed by atoms with van der Waals surface area (Å²) in [5.74, 6) is 1.38. The maximum Gasteiger partial charge on any atom is 0.243 e. The highest BCUT2D eigenvalue weighted by atomic mass is 32.2. The van der Waals surface area contributed by atoms with E-state index in [4.69, 9.17) is 4.99 Å². The van der Waals surface area contributed by atoms with Gasteiger partial charge >= 0.3 is 0 Å². The highest BCUT2D eigenvalue weighted by Gasteiger charge is 2.29. The molecule has 0 radical (unpaired) electrons. The average molecular weight is 436 g/mol. The Morgan fingerprint density at radius 3 is 2.20 bits per heavy atom. The third kappa shape index (κ3) is 5.51. The van der Waals surface area contributed by atoms with Crippen LogP contribution in [0.4, 0.5) is 0 Å². The summed E-state index contributed by atoms with van der Waals surface area (Å²) in [5.41, 5.74) is 0. The molecule has 0 spiro atoms. The van der Waals surface area contributed by atoms with Gasteiger partial charge in [-0.05, 0) is 37.8 Å². The van der Waals surface area contributed by atoms with Crippen molar-refractivity contribution in [1.29, 1.82) is 0 Å². The zero-order valence-electron chi connectivity index (χ0n) is 18.0. The molecule has 2 fully saturated rings. The number of hydrogen-bond acceptors (Lipinski definition) is 4. The molecule has 1 amide bonds. The van der Waals surface area contributed by atoms with Gasteiger partial charge in [0, 0.05) is 59.3 Å². The minimum absolute atomic E-state index is 0.119. The van der Waals surface area contributed by atoms with Crippen molar-refractivity contribution < 1.29 is 13.2 Å². The summed E-state index contributed by atoms with van der Waals surface area (Å²) < 4.78 is 27.2. The molecule has 0 atom stereocenters. The quantitative estimate of drug-likeness (QED) is 0.555. The summed E-state index contributed by atoms with van der Waals surface area (Å²) in [6, 6.07) is 8.64. The summed E-state index contributed by atoms with van der Waals surface area (Å²) in [4.78, 5) is 20.8. The molecule has 1 aromatic carbocycles. The normalized spacial score (nSPS) is 19.7. The van der Waals surface area contributed by atoms with Crippen LogP contribution < -0.4 is 5.32 Å². The van der Waals surface area contributed by atoms with E-state index < -0.39 is 10.0 Å². The van der Waals surface area contributed by atoms with Crippen LogP contribution in [0.15, 0.2) is 40.2 Å². The third-order valence-electron chi connectivity index (χ3n) is 5.81. The van der Waals surface area contributed by atoms with Gasteiger partial charge in [0.25, 0.3) is 0 Å². The van der Waals surface area contributed by atoms with Gasteiger partial charge in [0.05, 0.1) is 4.90 Å². The number of hydrogen-bond donors (Lipinski definition) is 1. The molecule has 8 nitrogen and oxygen atoms in total. The Labute approximate surface area is 180 Å². The number of rotatable bonds is 5. The van der Waals surface area contributed by atoms with E-state index >= 15 is 0 Å². The molecule has 0 saturated carbocycles. The number of amides is 1. The maximum absolute atomic E-state index is 12.8. The van der Waals surface area contributed by atoms with E-state index in [0.717, 1.165) is 51.5 Å². The Hall–Kier alpha value is -2.13. The molecule has 2 aliphatic rings. The van der Waals surface area contributed by atoms with Gasteiger partial charge in [0.2, 0.25) is 15.9 Å². The van der Waals surface area contributed by atoms with Crippen molar-refractivity contribution >= 4 is 21.9 Å². The molecular formula is C21H33N5O3S. The van der Waals surface area contributed by atoms with E-state index in [2.05, 4.69) is 10.2 Å². The molecule has 0 bridgehead atoms. The second kappa shape index (κ2) is 10.3. The van der Waals surface area contributed by atoms with Gasteiger partial charge in [-0.15, -0.1) is 0 Å². The van der Waals surface area contributed by atoms with E-state index in [1.54, 1.807) is 35.5 Å². The smallest absolute Gasteiger partial charge is 0.243 e. The number of benzene rings is 1. The van der Waals surface area contributed by atoms with Crippen LogP contribution in [0.1, 0.15) is 26.7 Å². The van der Waals surface area contributed by atoms with Crippen molar-refractivity contribution in [2.45, 2.75) is 31.6 Å². The largest absolute Gasteiger partial charge is 0.357 e. The van der Waals surface area contributed by atoms with Crippen molar-refractivity contribution in [3.63, 3.8) is 0 Å². The first kappa shape index (κ1) is 22.6. The second-order valence-electron chi connectivity index (χ2n) is 7.85. The zero-order valence-corrected chi connectivity index (χ0v) is 18.8. The third-order valence-corrected chi connectivity index (χ3v) is 7.73. The fourth-order valence-electron chi connectivity index (χ4n) is 3.95. The van der Waals surface area contributed by atoms with Crippen LogP contribution in [0.3, 0.4) is 0 Å². The average Bonchev–Trinajstić information content (AvgIpc) is 2.77. The predicted molar refractivity (Wildman–Crippen MR) is 118 cm³/mol. The van der Waals surface area contributed by atoms with Gasteiger partial charge in [-0.3, -0.25) is 9.79 Å². The topological polar surface area (TPSA) is 85.3 Å². The number of nitrogens with one attached hydrogen (secondary N) is 1. The summed E-state index contributed by atoms with van der Waals surface area (Å²) in [6.45, 7) is 9.20. The minimum Gasteiger partial charge on any atom is -0.357 e. The minimum atomic E-state index is -3.41. The molecule has 9 heteroatoms. The second-order valence-corrected chi connectivity index (χ2v) is 9.79. The van der Waals surface area contributed by atoms with Crippen LogP contribution >= 0.6 is 0 Å². The lowest BCUT2D eigenvalue weighted by molar-refractivity contribution is -0.130. The maximum atomic E-state index is 12.8. The molecule has 1 N–H and O–H groups in total. The van der Waals surface area contributed by atoms with E-state index in [9.17, 15) is 13.2 Å². The number of carbonyl (C=O) groups is 1. The lowest BCUT2D eigenvalue weighted by Crippen LogP contribution is -2.53. The van der Waals surface area contributed by atoms with Gasteiger partial charge in [-0.25, -0.2) is 8.42 Å². The van der Waals surface area contributed by atoms with Crippen LogP contribution in [0.25, 0.3) is 0 Å². The van der Waals surface area contributed by atoms with Gasteiger partial charge in [-0.1, -0.05) is 18.2 Å². The zero-order chi connectivity index (χ0) is 21.6. The molecule has 0 aliphatic carbocycles. The van der Waals surface area contributed by atoms with Gasteiger partial charge in [0.15, 0.2) is 5.96 Å². The SMILES string of the molecule is CCNC(=NCC1CCN(S(=O)(=O)c2ccccc2)CC1)N1CCN(C(C)=O)CC1. The molecule has 166 valence electrons. The molecule has 3 rings (SSSR count). The molecule has 2 saturated heterocycles. The summed E-state index contributed by atoms with van der Waals surface area (Å²) in [5, 5.41) is 3.36. The molecule has 30 heavy (non-hydrogen) atoms. The number of guanidine groups is 1. The Morgan fingerprint density at radius 2 is 1.63 bits per heavy atom. The van der Waals surface area contributed by atoms with Crippen molar-refractivity contribution in [2.24, 2.45) is 10.9 Å².